The third-order valence-corrected chi connectivity index (χ3v) is 3.21. The van der Waals surface area contributed by atoms with Crippen LogP contribution in [-0.4, -0.2) is 39.5 Å². The first kappa shape index (κ1) is 17.1. The normalized spacial score (nSPS) is 12.6. The van der Waals surface area contributed by atoms with Crippen LogP contribution in [0.2, 0.25) is 0 Å². The molecule has 114 valence electrons. The highest BCUT2D eigenvalue weighted by molar-refractivity contribution is 5.27. The zero-order chi connectivity index (χ0) is 14.8. The average molecular weight is 283 g/mol. The second-order valence-electron chi connectivity index (χ2n) is 4.99. The molecule has 1 rings (SSSR count). The van der Waals surface area contributed by atoms with Crippen LogP contribution in [0.4, 0.5) is 4.39 Å². The van der Waals surface area contributed by atoms with Gasteiger partial charge in [-0.1, -0.05) is 13.0 Å². The van der Waals surface area contributed by atoms with Crippen molar-refractivity contribution in [1.82, 2.24) is 5.32 Å². The Balaban J connectivity index is 2.55. The Hall–Kier alpha value is -0.970. The van der Waals surface area contributed by atoms with Gasteiger partial charge >= 0.3 is 0 Å². The van der Waals surface area contributed by atoms with Gasteiger partial charge in [0.05, 0.1) is 19.8 Å². The van der Waals surface area contributed by atoms with E-state index in [0.717, 1.165) is 30.5 Å². The highest BCUT2D eigenvalue weighted by Crippen LogP contribution is 2.13. The van der Waals surface area contributed by atoms with Crippen molar-refractivity contribution in [2.45, 2.75) is 32.7 Å². The maximum Gasteiger partial charge on any atom is 0.123 e. The van der Waals surface area contributed by atoms with Crippen LogP contribution < -0.4 is 5.32 Å². The lowest BCUT2D eigenvalue weighted by Crippen LogP contribution is -2.36. The molecule has 0 heterocycles. The summed E-state index contributed by atoms with van der Waals surface area (Å²) >= 11 is 0. The molecule has 0 aliphatic heterocycles. The van der Waals surface area contributed by atoms with Crippen molar-refractivity contribution >= 4 is 0 Å². The van der Waals surface area contributed by atoms with Crippen molar-refractivity contribution in [1.29, 1.82) is 0 Å². The van der Waals surface area contributed by atoms with Gasteiger partial charge in [0.15, 0.2) is 0 Å². The number of halogens is 1. The molecular formula is C16H26FNO2. The van der Waals surface area contributed by atoms with E-state index in [1.54, 1.807) is 13.2 Å². The van der Waals surface area contributed by atoms with Crippen LogP contribution in [0.1, 0.15) is 24.5 Å². The van der Waals surface area contributed by atoms with Gasteiger partial charge in [0.25, 0.3) is 0 Å². The summed E-state index contributed by atoms with van der Waals surface area (Å²) in [4.78, 5) is 0. The van der Waals surface area contributed by atoms with Gasteiger partial charge in [-0.25, -0.2) is 4.39 Å². The molecule has 0 spiro atoms. The molecule has 0 saturated carbocycles. The largest absolute Gasteiger partial charge is 0.382 e. The lowest BCUT2D eigenvalue weighted by Gasteiger charge is -2.20. The summed E-state index contributed by atoms with van der Waals surface area (Å²) < 4.78 is 23.9. The van der Waals surface area contributed by atoms with Gasteiger partial charge in [0.2, 0.25) is 0 Å². The van der Waals surface area contributed by atoms with Gasteiger partial charge in [-0.3, -0.25) is 0 Å². The molecule has 0 saturated heterocycles. The van der Waals surface area contributed by atoms with Crippen LogP contribution >= 0.6 is 0 Å². The molecular weight excluding hydrogens is 257 g/mol. The van der Waals surface area contributed by atoms with Gasteiger partial charge < -0.3 is 14.8 Å². The number of rotatable bonds is 10. The van der Waals surface area contributed by atoms with Crippen molar-refractivity contribution in [3.8, 4) is 0 Å². The topological polar surface area (TPSA) is 30.5 Å². The first-order valence-electron chi connectivity index (χ1n) is 7.22. The zero-order valence-corrected chi connectivity index (χ0v) is 12.7. The maximum absolute atomic E-state index is 13.3. The van der Waals surface area contributed by atoms with Crippen molar-refractivity contribution in [2.24, 2.45) is 0 Å². The minimum absolute atomic E-state index is 0.180. The molecule has 0 fully saturated rings. The quantitative estimate of drug-likeness (QED) is 0.670. The van der Waals surface area contributed by atoms with E-state index in [2.05, 4.69) is 12.2 Å². The van der Waals surface area contributed by atoms with Crippen molar-refractivity contribution in [3.63, 3.8) is 0 Å². The number of methoxy groups -OCH3 is 1. The van der Waals surface area contributed by atoms with E-state index >= 15 is 0 Å². The highest BCUT2D eigenvalue weighted by Gasteiger charge is 2.11. The fourth-order valence-corrected chi connectivity index (χ4v) is 2.03. The summed E-state index contributed by atoms with van der Waals surface area (Å²) in [5, 5.41) is 3.45. The molecule has 4 heteroatoms. The molecule has 20 heavy (non-hydrogen) atoms. The smallest absolute Gasteiger partial charge is 0.123 e. The molecule has 1 aromatic carbocycles. The van der Waals surface area contributed by atoms with E-state index < -0.39 is 0 Å². The number of hydrogen-bond donors (Lipinski definition) is 1. The summed E-state index contributed by atoms with van der Waals surface area (Å²) in [5.74, 6) is -0.180. The Bertz CT molecular complexity index is 385. The summed E-state index contributed by atoms with van der Waals surface area (Å²) in [6, 6.07) is 5.15. The van der Waals surface area contributed by atoms with E-state index in [1.165, 1.54) is 6.07 Å². The van der Waals surface area contributed by atoms with Crippen LogP contribution in [0.15, 0.2) is 18.2 Å². The van der Waals surface area contributed by atoms with Crippen LogP contribution in [-0.2, 0) is 15.9 Å². The third-order valence-electron chi connectivity index (χ3n) is 3.21. The Morgan fingerprint density at radius 2 is 2.10 bits per heavy atom. The molecule has 1 N–H and O–H groups in total. The lowest BCUT2D eigenvalue weighted by atomic mass is 10.0. The predicted octanol–water partition coefficient (Wildman–Crippen LogP) is 2.71. The van der Waals surface area contributed by atoms with Crippen molar-refractivity contribution < 1.29 is 13.9 Å². The van der Waals surface area contributed by atoms with E-state index in [0.29, 0.717) is 19.8 Å². The van der Waals surface area contributed by atoms with Gasteiger partial charge in [-0.2, -0.15) is 0 Å². The number of ether oxygens (including phenoxy) is 2. The Labute approximate surface area is 121 Å². The Morgan fingerprint density at radius 3 is 2.80 bits per heavy atom. The molecule has 0 amide bonds. The molecule has 0 bridgehead atoms. The third kappa shape index (κ3) is 6.46. The average Bonchev–Trinajstić information content (AvgIpc) is 2.44. The minimum Gasteiger partial charge on any atom is -0.382 e. The second-order valence-corrected chi connectivity index (χ2v) is 4.99. The Kier molecular flexibility index (Phi) is 8.42. The number of nitrogens with one attached hydrogen (secondary N) is 1. The Morgan fingerprint density at radius 1 is 1.30 bits per heavy atom. The fraction of sp³-hybridized carbons (Fsp3) is 0.625. The first-order chi connectivity index (χ1) is 9.67. The van der Waals surface area contributed by atoms with E-state index in [1.807, 2.05) is 13.0 Å². The highest BCUT2D eigenvalue weighted by atomic mass is 19.1. The second kappa shape index (κ2) is 9.86. The van der Waals surface area contributed by atoms with Crippen LogP contribution in [0, 0.1) is 12.7 Å². The van der Waals surface area contributed by atoms with E-state index in [-0.39, 0.29) is 11.9 Å². The molecule has 1 atom stereocenters. The van der Waals surface area contributed by atoms with Gasteiger partial charge in [-0.05, 0) is 49.6 Å². The van der Waals surface area contributed by atoms with E-state index in [9.17, 15) is 4.39 Å². The zero-order valence-electron chi connectivity index (χ0n) is 12.7. The summed E-state index contributed by atoms with van der Waals surface area (Å²) in [6.45, 7) is 6.87. The van der Waals surface area contributed by atoms with Gasteiger partial charge in [0.1, 0.15) is 5.82 Å². The number of benzene rings is 1. The van der Waals surface area contributed by atoms with E-state index in [4.69, 9.17) is 9.47 Å². The molecule has 3 nitrogen and oxygen atoms in total. The van der Waals surface area contributed by atoms with Crippen LogP contribution in [0.25, 0.3) is 0 Å². The number of aryl methyl sites for hydroxylation is 1. The van der Waals surface area contributed by atoms with Crippen LogP contribution in [0.3, 0.4) is 0 Å². The molecule has 0 aliphatic rings. The number of hydrogen-bond acceptors (Lipinski definition) is 3. The molecule has 0 aromatic heterocycles. The minimum atomic E-state index is -0.180. The lowest BCUT2D eigenvalue weighted by molar-refractivity contribution is 0.0587. The SMILES string of the molecule is CCCNC(COCCOC)Cc1cc(F)ccc1C. The van der Waals surface area contributed by atoms with Crippen LogP contribution in [0.5, 0.6) is 0 Å². The van der Waals surface area contributed by atoms with Crippen molar-refractivity contribution in [2.75, 3.05) is 33.5 Å². The molecule has 0 aliphatic carbocycles. The van der Waals surface area contributed by atoms with Gasteiger partial charge in [-0.15, -0.1) is 0 Å². The summed E-state index contributed by atoms with van der Waals surface area (Å²) in [5.41, 5.74) is 2.15. The standard InChI is InChI=1S/C16H26FNO2/c1-4-7-18-16(12-20-9-8-19-3)11-14-10-15(17)6-5-13(14)2/h5-6,10,16,18H,4,7-9,11-12H2,1-3H3. The molecule has 1 unspecified atom stereocenters. The van der Waals surface area contributed by atoms with Crippen molar-refractivity contribution in [3.05, 3.63) is 35.1 Å². The monoisotopic (exact) mass is 283 g/mol. The molecule has 0 radical (unpaired) electrons. The molecule has 1 aromatic rings. The summed E-state index contributed by atoms with van der Waals surface area (Å²) in [7, 11) is 1.66. The maximum atomic E-state index is 13.3. The van der Waals surface area contributed by atoms with Gasteiger partial charge in [0, 0.05) is 13.2 Å². The first-order valence-corrected chi connectivity index (χ1v) is 7.22. The fourth-order valence-electron chi connectivity index (χ4n) is 2.03. The predicted molar refractivity (Wildman–Crippen MR) is 79.6 cm³/mol. The summed E-state index contributed by atoms with van der Waals surface area (Å²) in [6.07, 6.45) is 1.84.